The predicted octanol–water partition coefficient (Wildman–Crippen LogP) is 2.16. The number of aliphatic hydroxyl groups excluding tert-OH is 1. The van der Waals surface area contributed by atoms with Crippen molar-refractivity contribution in [1.29, 1.82) is 0 Å². The van der Waals surface area contributed by atoms with Gasteiger partial charge in [-0.2, -0.15) is 0 Å². The lowest BCUT2D eigenvalue weighted by atomic mass is 10.1. The SMILES string of the molecule is COc1cc(-c2cc(CNCCO)ccn2)cc(OC)c1C. The highest BCUT2D eigenvalue weighted by molar-refractivity contribution is 5.66. The molecule has 0 spiro atoms. The molecule has 0 saturated heterocycles. The van der Waals surface area contributed by atoms with Crippen LogP contribution in [0.3, 0.4) is 0 Å². The Morgan fingerprint density at radius 2 is 1.82 bits per heavy atom. The molecule has 0 saturated carbocycles. The predicted molar refractivity (Wildman–Crippen MR) is 86.3 cm³/mol. The maximum absolute atomic E-state index is 8.82. The van der Waals surface area contributed by atoms with Gasteiger partial charge in [-0.1, -0.05) is 0 Å². The van der Waals surface area contributed by atoms with Crippen LogP contribution in [0.1, 0.15) is 11.1 Å². The van der Waals surface area contributed by atoms with Crippen LogP contribution in [-0.2, 0) is 6.54 Å². The molecule has 0 bridgehead atoms. The van der Waals surface area contributed by atoms with Crippen LogP contribution in [0.4, 0.5) is 0 Å². The number of aliphatic hydroxyl groups is 1. The van der Waals surface area contributed by atoms with E-state index in [0.717, 1.165) is 33.9 Å². The number of hydrogen-bond donors (Lipinski definition) is 2. The van der Waals surface area contributed by atoms with Crippen molar-refractivity contribution in [3.63, 3.8) is 0 Å². The first kappa shape index (κ1) is 16.3. The summed E-state index contributed by atoms with van der Waals surface area (Å²) in [5, 5.41) is 12.0. The van der Waals surface area contributed by atoms with E-state index in [1.54, 1.807) is 20.4 Å². The summed E-state index contributed by atoms with van der Waals surface area (Å²) >= 11 is 0. The van der Waals surface area contributed by atoms with Crippen molar-refractivity contribution in [2.24, 2.45) is 0 Å². The highest BCUT2D eigenvalue weighted by atomic mass is 16.5. The topological polar surface area (TPSA) is 63.6 Å². The third kappa shape index (κ3) is 3.75. The third-order valence-corrected chi connectivity index (χ3v) is 3.49. The van der Waals surface area contributed by atoms with Crippen molar-refractivity contribution in [3.8, 4) is 22.8 Å². The molecule has 0 amide bonds. The summed E-state index contributed by atoms with van der Waals surface area (Å²) in [5.41, 5.74) is 3.88. The first-order valence-electron chi connectivity index (χ1n) is 7.19. The average Bonchev–Trinajstić information content (AvgIpc) is 2.55. The molecule has 0 aliphatic rings. The van der Waals surface area contributed by atoms with Gasteiger partial charge in [0, 0.05) is 30.4 Å². The largest absolute Gasteiger partial charge is 0.496 e. The van der Waals surface area contributed by atoms with E-state index in [1.165, 1.54) is 0 Å². The lowest BCUT2D eigenvalue weighted by molar-refractivity contribution is 0.292. The van der Waals surface area contributed by atoms with Crippen LogP contribution in [0.15, 0.2) is 30.5 Å². The Bertz CT molecular complexity index is 604. The van der Waals surface area contributed by atoms with Gasteiger partial charge in [-0.25, -0.2) is 0 Å². The number of nitrogens with zero attached hydrogens (tertiary/aromatic N) is 1. The molecule has 2 rings (SSSR count). The Morgan fingerprint density at radius 3 is 2.41 bits per heavy atom. The molecule has 0 unspecified atom stereocenters. The molecule has 0 atom stereocenters. The van der Waals surface area contributed by atoms with E-state index in [1.807, 2.05) is 31.2 Å². The summed E-state index contributed by atoms with van der Waals surface area (Å²) in [6, 6.07) is 7.90. The zero-order valence-electron chi connectivity index (χ0n) is 13.2. The minimum atomic E-state index is 0.129. The van der Waals surface area contributed by atoms with Crippen LogP contribution in [-0.4, -0.2) is 37.5 Å². The maximum atomic E-state index is 8.82. The molecule has 0 fully saturated rings. The fourth-order valence-electron chi connectivity index (χ4n) is 2.29. The first-order valence-corrected chi connectivity index (χ1v) is 7.19. The number of hydrogen-bond acceptors (Lipinski definition) is 5. The Kier molecular flexibility index (Phi) is 5.75. The normalized spacial score (nSPS) is 10.5. The van der Waals surface area contributed by atoms with Crippen LogP contribution in [0.5, 0.6) is 11.5 Å². The smallest absolute Gasteiger partial charge is 0.126 e. The molecule has 0 aliphatic heterocycles. The van der Waals surface area contributed by atoms with Crippen LogP contribution < -0.4 is 14.8 Å². The second kappa shape index (κ2) is 7.77. The highest BCUT2D eigenvalue weighted by Gasteiger charge is 2.10. The van der Waals surface area contributed by atoms with E-state index < -0.39 is 0 Å². The molecule has 5 heteroatoms. The van der Waals surface area contributed by atoms with Gasteiger partial charge in [0.15, 0.2) is 0 Å². The first-order chi connectivity index (χ1) is 10.7. The Balaban J connectivity index is 2.33. The summed E-state index contributed by atoms with van der Waals surface area (Å²) in [4.78, 5) is 4.43. The van der Waals surface area contributed by atoms with Gasteiger partial charge in [-0.15, -0.1) is 0 Å². The molecular weight excluding hydrogens is 280 g/mol. The van der Waals surface area contributed by atoms with Crippen molar-refractivity contribution < 1.29 is 14.6 Å². The van der Waals surface area contributed by atoms with Crippen LogP contribution in [0.25, 0.3) is 11.3 Å². The molecule has 1 heterocycles. The van der Waals surface area contributed by atoms with E-state index >= 15 is 0 Å². The molecule has 0 radical (unpaired) electrons. The summed E-state index contributed by atoms with van der Waals surface area (Å²) < 4.78 is 10.8. The Labute approximate surface area is 130 Å². The number of rotatable bonds is 7. The van der Waals surface area contributed by atoms with Gasteiger partial charge in [0.05, 0.1) is 26.5 Å². The van der Waals surface area contributed by atoms with E-state index in [2.05, 4.69) is 10.3 Å². The van der Waals surface area contributed by atoms with Gasteiger partial charge >= 0.3 is 0 Å². The van der Waals surface area contributed by atoms with Crippen LogP contribution in [0, 0.1) is 6.92 Å². The molecule has 5 nitrogen and oxygen atoms in total. The van der Waals surface area contributed by atoms with Crippen molar-refractivity contribution in [2.75, 3.05) is 27.4 Å². The molecule has 22 heavy (non-hydrogen) atoms. The van der Waals surface area contributed by atoms with Crippen molar-refractivity contribution in [1.82, 2.24) is 10.3 Å². The molecule has 118 valence electrons. The molecule has 2 aromatic rings. The number of nitrogens with one attached hydrogen (secondary N) is 1. The molecule has 2 N–H and O–H groups in total. The number of methoxy groups -OCH3 is 2. The fraction of sp³-hybridized carbons (Fsp3) is 0.353. The third-order valence-electron chi connectivity index (χ3n) is 3.49. The van der Waals surface area contributed by atoms with Crippen molar-refractivity contribution >= 4 is 0 Å². The van der Waals surface area contributed by atoms with Gasteiger partial charge < -0.3 is 19.9 Å². The number of aromatic nitrogens is 1. The quantitative estimate of drug-likeness (QED) is 0.767. The van der Waals surface area contributed by atoms with Crippen LogP contribution >= 0.6 is 0 Å². The zero-order chi connectivity index (χ0) is 15.9. The lowest BCUT2D eigenvalue weighted by Crippen LogP contribution is -2.17. The van der Waals surface area contributed by atoms with E-state index in [-0.39, 0.29) is 6.61 Å². The summed E-state index contributed by atoms with van der Waals surface area (Å²) in [6.45, 7) is 3.36. The van der Waals surface area contributed by atoms with Crippen molar-refractivity contribution in [3.05, 3.63) is 41.6 Å². The molecular formula is C17H22N2O3. The monoisotopic (exact) mass is 302 g/mol. The van der Waals surface area contributed by atoms with Gasteiger partial charge in [0.1, 0.15) is 11.5 Å². The van der Waals surface area contributed by atoms with E-state index in [4.69, 9.17) is 14.6 Å². The standard InChI is InChI=1S/C17H22N2O3/c1-12-16(21-2)9-14(10-17(12)22-3)15-8-13(4-5-19-15)11-18-6-7-20/h4-5,8-10,18,20H,6-7,11H2,1-3H3. The maximum Gasteiger partial charge on any atom is 0.126 e. The number of benzene rings is 1. The molecule has 1 aromatic heterocycles. The minimum Gasteiger partial charge on any atom is -0.496 e. The molecule has 1 aromatic carbocycles. The zero-order valence-corrected chi connectivity index (χ0v) is 13.2. The fourth-order valence-corrected chi connectivity index (χ4v) is 2.29. The lowest BCUT2D eigenvalue weighted by Gasteiger charge is -2.13. The van der Waals surface area contributed by atoms with E-state index in [0.29, 0.717) is 13.1 Å². The van der Waals surface area contributed by atoms with Crippen molar-refractivity contribution in [2.45, 2.75) is 13.5 Å². The Morgan fingerprint density at radius 1 is 1.14 bits per heavy atom. The Hall–Kier alpha value is -2.11. The second-order valence-electron chi connectivity index (χ2n) is 4.96. The van der Waals surface area contributed by atoms with Crippen LogP contribution in [0.2, 0.25) is 0 Å². The molecule has 0 aliphatic carbocycles. The van der Waals surface area contributed by atoms with Gasteiger partial charge in [0.2, 0.25) is 0 Å². The summed E-state index contributed by atoms with van der Waals surface area (Å²) in [7, 11) is 3.29. The second-order valence-corrected chi connectivity index (χ2v) is 4.96. The summed E-state index contributed by atoms with van der Waals surface area (Å²) in [5.74, 6) is 1.56. The van der Waals surface area contributed by atoms with Gasteiger partial charge in [-0.05, 0) is 36.8 Å². The van der Waals surface area contributed by atoms with E-state index in [9.17, 15) is 0 Å². The van der Waals surface area contributed by atoms with Gasteiger partial charge in [-0.3, -0.25) is 4.98 Å². The minimum absolute atomic E-state index is 0.129. The average molecular weight is 302 g/mol. The number of ether oxygens (including phenoxy) is 2. The highest BCUT2D eigenvalue weighted by Crippen LogP contribution is 2.33. The van der Waals surface area contributed by atoms with Gasteiger partial charge in [0.25, 0.3) is 0 Å². The number of pyridine rings is 1. The summed E-state index contributed by atoms with van der Waals surface area (Å²) in [6.07, 6.45) is 1.78.